The second-order valence-electron chi connectivity index (χ2n) is 16.4. The van der Waals surface area contributed by atoms with E-state index in [1.54, 1.807) is 50.4 Å². The number of ether oxygens (including phenoxy) is 5. The fourth-order valence-electron chi connectivity index (χ4n) is 8.18. The molecule has 340 valence electrons. The number of anilines is 1. The SMILES string of the molecule is COc1cc2cc(c1Cl)N(C)C(=O)C[C@H](OC(=O)CCCCCNC(=O)c1ccc3nc(CBr)c(CBr)nc3c1)[C@]1(C)O[C@H]1[C@H](C)[C@@H]1C[C@@](O)(NC(=O)O1)[C@H](OC)/C=C/C=C(\C)C2. The number of allylic oxidation sites excluding steroid dienone is 3. The third-order valence-corrected chi connectivity index (χ3v) is 13.3. The van der Waals surface area contributed by atoms with Gasteiger partial charge in [-0.05, 0) is 69.0 Å². The summed E-state index contributed by atoms with van der Waals surface area (Å²) in [4.78, 5) is 64.3. The van der Waals surface area contributed by atoms with Gasteiger partial charge < -0.3 is 39.0 Å². The van der Waals surface area contributed by atoms with Crippen LogP contribution in [0, 0.1) is 5.92 Å². The molecule has 3 aromatic rings. The van der Waals surface area contributed by atoms with E-state index in [1.807, 2.05) is 26.0 Å². The molecule has 3 N–H and O–H groups in total. The number of amides is 3. The van der Waals surface area contributed by atoms with Gasteiger partial charge in [-0.3, -0.25) is 19.7 Å². The zero-order valence-corrected chi connectivity index (χ0v) is 40.1. The minimum Gasteiger partial charge on any atom is -0.495 e. The van der Waals surface area contributed by atoms with E-state index < -0.39 is 59.6 Å². The minimum atomic E-state index is -1.82. The van der Waals surface area contributed by atoms with Gasteiger partial charge in [-0.1, -0.05) is 80.6 Å². The minimum absolute atomic E-state index is 0.0361. The van der Waals surface area contributed by atoms with Gasteiger partial charge in [-0.25, -0.2) is 14.8 Å². The molecule has 15 nitrogen and oxygen atoms in total. The highest BCUT2D eigenvalue weighted by molar-refractivity contribution is 9.09. The van der Waals surface area contributed by atoms with Crippen LogP contribution in [0.5, 0.6) is 5.75 Å². The molecule has 0 aliphatic carbocycles. The van der Waals surface area contributed by atoms with E-state index >= 15 is 0 Å². The lowest BCUT2D eigenvalue weighted by Crippen LogP contribution is -2.63. The lowest BCUT2D eigenvalue weighted by molar-refractivity contribution is -0.154. The molecule has 3 aliphatic rings. The van der Waals surface area contributed by atoms with E-state index in [1.165, 1.54) is 19.1 Å². The number of nitrogens with one attached hydrogen (secondary N) is 2. The molecule has 6 rings (SSSR count). The first-order chi connectivity index (χ1) is 30.0. The first-order valence-electron chi connectivity index (χ1n) is 20.8. The monoisotopic (exact) mass is 1020 g/mol. The standard InChI is InChI=1S/C45H54Br2ClN5O10/c1-25-11-10-12-36(60-6)45(58)22-35(61-43(57)52-45)26(2)41-44(3,63-41)37(21-38(54)53(4)33-18-27(17-25)19-34(59-5)40(33)48)62-39(55)13-8-7-9-16-49-42(56)28-14-15-29-30(20-28)51-32(24-47)31(23-46)50-29/h10-12,14-15,18-20,26,35-37,41,58H,7-9,13,16-17,21-24H2,1-6H3,(H,49,56)(H,52,57)/b12-10+,25-11+/t26-,35+,36-,37+,41+,44+,45+/m1/s1. The van der Waals surface area contributed by atoms with Crippen molar-refractivity contribution in [3.05, 3.63) is 81.7 Å². The molecule has 3 amide bonds. The number of hydrogen-bond acceptors (Lipinski definition) is 12. The molecule has 0 radical (unpaired) electrons. The Morgan fingerprint density at radius 1 is 1.08 bits per heavy atom. The molecule has 0 saturated carbocycles. The Kier molecular flexibility index (Phi) is 16.0. The first kappa shape index (κ1) is 48.3. The number of nitrogens with zero attached hydrogens (tertiary/aromatic N) is 3. The number of epoxide rings is 1. The van der Waals surface area contributed by atoms with Gasteiger partial charge in [0.15, 0.2) is 5.72 Å². The number of fused-ring (bicyclic) bond motifs is 6. The van der Waals surface area contributed by atoms with Gasteiger partial charge in [0.1, 0.15) is 34.7 Å². The van der Waals surface area contributed by atoms with Crippen molar-refractivity contribution in [2.75, 3.05) is 32.7 Å². The number of benzene rings is 2. The van der Waals surface area contributed by atoms with Crippen LogP contribution in [0.1, 0.15) is 86.6 Å². The molecule has 7 atom stereocenters. The predicted octanol–water partition coefficient (Wildman–Crippen LogP) is 7.39. The van der Waals surface area contributed by atoms with Crippen LogP contribution < -0.4 is 20.3 Å². The fourth-order valence-corrected chi connectivity index (χ4v) is 9.39. The number of alkyl carbamates (subject to hydrolysis) is 1. The molecule has 2 aromatic carbocycles. The van der Waals surface area contributed by atoms with Crippen LogP contribution in [-0.2, 0) is 45.6 Å². The second kappa shape index (κ2) is 20.8. The summed E-state index contributed by atoms with van der Waals surface area (Å²) in [6.07, 6.45) is 2.98. The number of aliphatic hydroxyl groups is 1. The molecule has 18 heteroatoms. The molecule has 4 heterocycles. The van der Waals surface area contributed by atoms with Crippen LogP contribution in [0.4, 0.5) is 10.5 Å². The Hall–Kier alpha value is -4.13. The van der Waals surface area contributed by atoms with E-state index in [-0.39, 0.29) is 30.2 Å². The molecule has 63 heavy (non-hydrogen) atoms. The molecule has 4 bridgehead atoms. The van der Waals surface area contributed by atoms with Crippen molar-refractivity contribution < 1.29 is 48.0 Å². The zero-order chi connectivity index (χ0) is 45.6. The van der Waals surface area contributed by atoms with Crippen molar-refractivity contribution in [3.63, 3.8) is 0 Å². The Bertz CT molecular complexity index is 2280. The first-order valence-corrected chi connectivity index (χ1v) is 23.4. The maximum Gasteiger partial charge on any atom is 0.409 e. The number of alkyl halides is 2. The Morgan fingerprint density at radius 2 is 1.81 bits per heavy atom. The lowest BCUT2D eigenvalue weighted by atomic mass is 9.83. The van der Waals surface area contributed by atoms with E-state index in [4.69, 9.17) is 35.3 Å². The van der Waals surface area contributed by atoms with Crippen LogP contribution in [0.2, 0.25) is 5.02 Å². The summed E-state index contributed by atoms with van der Waals surface area (Å²) in [6, 6.07) is 8.84. The smallest absolute Gasteiger partial charge is 0.409 e. The topological polar surface area (TPSA) is 191 Å². The van der Waals surface area contributed by atoms with Crippen LogP contribution in [0.15, 0.2) is 54.1 Å². The Balaban J connectivity index is 1.15. The normalized spacial score (nSPS) is 27.6. The van der Waals surface area contributed by atoms with Gasteiger partial charge in [-0.2, -0.15) is 0 Å². The van der Waals surface area contributed by atoms with Crippen molar-refractivity contribution in [1.29, 1.82) is 0 Å². The van der Waals surface area contributed by atoms with Gasteiger partial charge in [0.2, 0.25) is 5.91 Å². The van der Waals surface area contributed by atoms with Crippen molar-refractivity contribution in [2.45, 2.75) is 112 Å². The van der Waals surface area contributed by atoms with Crippen molar-refractivity contribution in [1.82, 2.24) is 20.6 Å². The third-order valence-electron chi connectivity index (χ3n) is 11.9. The maximum absolute atomic E-state index is 14.2. The van der Waals surface area contributed by atoms with Gasteiger partial charge >= 0.3 is 12.1 Å². The number of rotatable bonds is 12. The molecular weight excluding hydrogens is 966 g/mol. The van der Waals surface area contributed by atoms with Crippen LogP contribution in [0.25, 0.3) is 11.0 Å². The summed E-state index contributed by atoms with van der Waals surface area (Å²) in [5.74, 6) is -1.27. The van der Waals surface area contributed by atoms with Crippen molar-refractivity contribution in [2.24, 2.45) is 5.92 Å². The van der Waals surface area contributed by atoms with E-state index in [0.29, 0.717) is 70.9 Å². The van der Waals surface area contributed by atoms with E-state index in [2.05, 4.69) is 52.5 Å². The third kappa shape index (κ3) is 11.2. The van der Waals surface area contributed by atoms with Gasteiger partial charge in [0.05, 0.1) is 47.7 Å². The molecule has 0 spiro atoms. The quantitative estimate of drug-likeness (QED) is 0.0707. The molecule has 1 aromatic heterocycles. The van der Waals surface area contributed by atoms with Crippen LogP contribution in [-0.4, -0.2) is 103 Å². The summed E-state index contributed by atoms with van der Waals surface area (Å²) >= 11 is 13.7. The number of hydrogen-bond donors (Lipinski definition) is 3. The highest BCUT2D eigenvalue weighted by Crippen LogP contribution is 2.49. The summed E-state index contributed by atoms with van der Waals surface area (Å²) < 4.78 is 29.3. The lowest BCUT2D eigenvalue weighted by Gasteiger charge is -2.42. The van der Waals surface area contributed by atoms with Crippen molar-refractivity contribution in [3.8, 4) is 5.75 Å². The van der Waals surface area contributed by atoms with Crippen LogP contribution in [0.3, 0.4) is 0 Å². The van der Waals surface area contributed by atoms with E-state index in [9.17, 15) is 24.3 Å². The van der Waals surface area contributed by atoms with E-state index in [0.717, 1.165) is 22.5 Å². The summed E-state index contributed by atoms with van der Waals surface area (Å²) in [6.45, 7) is 5.91. The number of methoxy groups -OCH3 is 2. The van der Waals surface area contributed by atoms with Gasteiger partial charge in [0.25, 0.3) is 5.91 Å². The molecular formula is C45H54Br2ClN5O10. The van der Waals surface area contributed by atoms with Crippen LogP contribution >= 0.6 is 43.5 Å². The summed E-state index contributed by atoms with van der Waals surface area (Å²) in [5, 5.41) is 18.6. The number of carbonyl (C=O) groups excluding carboxylic acids is 4. The molecule has 3 aliphatic heterocycles. The number of aromatic nitrogens is 2. The molecule has 2 saturated heterocycles. The number of esters is 1. The van der Waals surface area contributed by atoms with Gasteiger partial charge in [0, 0.05) is 55.7 Å². The average Bonchev–Trinajstić information content (AvgIpc) is 3.96. The highest BCUT2D eigenvalue weighted by Gasteiger charge is 2.64. The van der Waals surface area contributed by atoms with Gasteiger partial charge in [-0.15, -0.1) is 0 Å². The summed E-state index contributed by atoms with van der Waals surface area (Å²) in [5.41, 5.74) is 2.63. The average molecular weight is 1020 g/mol. The number of carbonyl (C=O) groups is 4. The molecule has 2 fully saturated rings. The fraction of sp³-hybridized carbons (Fsp3) is 0.511. The summed E-state index contributed by atoms with van der Waals surface area (Å²) in [7, 11) is 4.54. The highest BCUT2D eigenvalue weighted by atomic mass is 79.9. The number of halogens is 3. The Morgan fingerprint density at radius 3 is 2.51 bits per heavy atom. The molecule has 0 unspecified atom stereocenters. The predicted molar refractivity (Wildman–Crippen MR) is 244 cm³/mol. The zero-order valence-electron chi connectivity index (χ0n) is 36.2. The maximum atomic E-state index is 14.2. The van der Waals surface area contributed by atoms with Crippen molar-refractivity contribution >= 4 is 84.1 Å². The number of unbranched alkanes of at least 4 members (excludes halogenated alkanes) is 2. The largest absolute Gasteiger partial charge is 0.495 e. The second-order valence-corrected chi connectivity index (χ2v) is 17.9. The Labute approximate surface area is 388 Å².